The van der Waals surface area contributed by atoms with Crippen molar-refractivity contribution in [2.24, 2.45) is 0 Å². The molecule has 1 N–H and O–H groups in total. The molecule has 0 atom stereocenters. The lowest BCUT2D eigenvalue weighted by molar-refractivity contribution is -0.384. The number of amides is 1. The molecule has 4 aromatic rings. The number of carbonyl (C=O) groups excluding carboxylic acids is 1. The number of rotatable bonds is 7. The van der Waals surface area contributed by atoms with Crippen LogP contribution in [-0.4, -0.2) is 25.6 Å². The van der Waals surface area contributed by atoms with Gasteiger partial charge in [-0.05, 0) is 31.2 Å². The molecule has 0 aliphatic rings. The van der Waals surface area contributed by atoms with E-state index < -0.39 is 10.7 Å². The van der Waals surface area contributed by atoms with Crippen molar-refractivity contribution in [3.8, 4) is 17.0 Å². The largest absolute Gasteiger partial charge is 0.441 e. The molecule has 0 spiro atoms. The number of hydrogen-bond donors (Lipinski definition) is 1. The average molecular weight is 435 g/mol. The first kappa shape index (κ1) is 20.9. The van der Waals surface area contributed by atoms with Gasteiger partial charge in [0.25, 0.3) is 5.69 Å². The van der Waals surface area contributed by atoms with Gasteiger partial charge in [-0.15, -0.1) is 0 Å². The number of anilines is 1. The number of aryl methyl sites for hydroxylation is 2. The summed E-state index contributed by atoms with van der Waals surface area (Å²) in [6, 6.07) is 13.7. The van der Waals surface area contributed by atoms with E-state index in [1.54, 1.807) is 43.3 Å². The van der Waals surface area contributed by atoms with Gasteiger partial charge in [-0.1, -0.05) is 12.1 Å². The van der Waals surface area contributed by atoms with Crippen LogP contribution in [0.25, 0.3) is 17.0 Å². The first-order chi connectivity index (χ1) is 15.4. The molecule has 0 unspecified atom stereocenters. The highest BCUT2D eigenvalue weighted by molar-refractivity contribution is 5.90. The van der Waals surface area contributed by atoms with E-state index in [0.717, 1.165) is 0 Å². The van der Waals surface area contributed by atoms with E-state index in [-0.39, 0.29) is 24.4 Å². The summed E-state index contributed by atoms with van der Waals surface area (Å²) in [5, 5.41) is 18.0. The number of benzene rings is 2. The second-order valence-electron chi connectivity index (χ2n) is 7.00. The Labute approximate surface area is 181 Å². The predicted molar refractivity (Wildman–Crippen MR) is 114 cm³/mol. The maximum atomic E-state index is 13.9. The van der Waals surface area contributed by atoms with Crippen LogP contribution in [-0.2, 0) is 11.2 Å². The lowest BCUT2D eigenvalue weighted by Crippen LogP contribution is -2.15. The molecule has 9 nitrogen and oxygen atoms in total. The summed E-state index contributed by atoms with van der Waals surface area (Å²) >= 11 is 0. The summed E-state index contributed by atoms with van der Waals surface area (Å²) in [7, 11) is 0. The van der Waals surface area contributed by atoms with Gasteiger partial charge in [0.05, 0.1) is 28.1 Å². The fourth-order valence-electron chi connectivity index (χ4n) is 3.14. The first-order valence-electron chi connectivity index (χ1n) is 9.71. The van der Waals surface area contributed by atoms with E-state index in [0.29, 0.717) is 34.4 Å². The molecule has 2 aromatic heterocycles. The van der Waals surface area contributed by atoms with Crippen LogP contribution < -0.4 is 5.32 Å². The number of nitrogens with zero attached hydrogens (tertiary/aromatic N) is 4. The zero-order valence-electron chi connectivity index (χ0n) is 17.0. The van der Waals surface area contributed by atoms with E-state index in [9.17, 15) is 19.3 Å². The van der Waals surface area contributed by atoms with Gasteiger partial charge in [-0.2, -0.15) is 5.10 Å². The van der Waals surface area contributed by atoms with Crippen LogP contribution in [0.5, 0.6) is 0 Å². The molecular formula is C22H18FN5O4. The van der Waals surface area contributed by atoms with Crippen LogP contribution in [0.4, 0.5) is 15.9 Å². The monoisotopic (exact) mass is 435 g/mol. The third kappa shape index (κ3) is 4.53. The van der Waals surface area contributed by atoms with Gasteiger partial charge >= 0.3 is 0 Å². The van der Waals surface area contributed by atoms with Crippen molar-refractivity contribution in [1.29, 1.82) is 0 Å². The number of halogens is 1. The van der Waals surface area contributed by atoms with E-state index in [2.05, 4.69) is 15.4 Å². The summed E-state index contributed by atoms with van der Waals surface area (Å²) in [4.78, 5) is 27.0. The van der Waals surface area contributed by atoms with Gasteiger partial charge in [-0.3, -0.25) is 14.9 Å². The number of nitro benzene ring substituents is 1. The number of nitrogens with one attached hydrogen (secondary N) is 1. The number of nitro groups is 1. The van der Waals surface area contributed by atoms with Gasteiger partial charge in [0, 0.05) is 31.0 Å². The quantitative estimate of drug-likeness (QED) is 0.339. The minimum absolute atomic E-state index is 0.0380. The Balaban J connectivity index is 1.42. The standard InChI is InChI=1S/C22H18FN5O4/c1-14-12-20(27(26-14)15-6-8-16(9-7-15)28(30)31)25-21(29)10-11-22-24-13-19(32-22)17-4-2-3-5-18(17)23/h2-9,12-13H,10-11H2,1H3,(H,25,29). The number of oxazole rings is 1. The molecule has 2 heterocycles. The fraction of sp³-hybridized carbons (Fsp3) is 0.136. The molecule has 0 aliphatic heterocycles. The molecule has 1 amide bonds. The smallest absolute Gasteiger partial charge is 0.269 e. The van der Waals surface area contributed by atoms with Crippen molar-refractivity contribution in [2.75, 3.05) is 5.32 Å². The van der Waals surface area contributed by atoms with Crippen molar-refractivity contribution in [3.63, 3.8) is 0 Å². The molecular weight excluding hydrogens is 417 g/mol. The molecule has 2 aromatic carbocycles. The molecule has 162 valence electrons. The normalized spacial score (nSPS) is 10.8. The highest BCUT2D eigenvalue weighted by atomic mass is 19.1. The van der Waals surface area contributed by atoms with Crippen molar-refractivity contribution in [1.82, 2.24) is 14.8 Å². The minimum atomic E-state index is -0.485. The molecule has 0 aliphatic carbocycles. The summed E-state index contributed by atoms with van der Waals surface area (Å²) in [5.74, 6) is 0.339. The average Bonchev–Trinajstić information content (AvgIpc) is 3.39. The van der Waals surface area contributed by atoms with E-state index in [1.165, 1.54) is 29.1 Å². The fourth-order valence-corrected chi connectivity index (χ4v) is 3.14. The van der Waals surface area contributed by atoms with E-state index >= 15 is 0 Å². The summed E-state index contributed by atoms with van der Waals surface area (Å²) in [6.45, 7) is 1.77. The number of carbonyl (C=O) groups is 1. The predicted octanol–water partition coefficient (Wildman–Crippen LogP) is 4.45. The van der Waals surface area contributed by atoms with Crippen LogP contribution in [0, 0.1) is 22.9 Å². The minimum Gasteiger partial charge on any atom is -0.441 e. The highest BCUT2D eigenvalue weighted by Crippen LogP contribution is 2.24. The maximum Gasteiger partial charge on any atom is 0.269 e. The Morgan fingerprint density at radius 3 is 2.69 bits per heavy atom. The summed E-state index contributed by atoms with van der Waals surface area (Å²) < 4.78 is 21.0. The lowest BCUT2D eigenvalue weighted by Gasteiger charge is -2.08. The molecule has 0 bridgehead atoms. The molecule has 32 heavy (non-hydrogen) atoms. The summed E-state index contributed by atoms with van der Waals surface area (Å²) in [5.41, 5.74) is 1.50. The molecule has 0 fully saturated rings. The Morgan fingerprint density at radius 2 is 1.97 bits per heavy atom. The Kier molecular flexibility index (Phi) is 5.75. The summed E-state index contributed by atoms with van der Waals surface area (Å²) in [6.07, 6.45) is 1.74. The van der Waals surface area contributed by atoms with Crippen molar-refractivity contribution in [2.45, 2.75) is 19.8 Å². The third-order valence-electron chi connectivity index (χ3n) is 4.66. The van der Waals surface area contributed by atoms with Crippen LogP contribution in [0.3, 0.4) is 0 Å². The zero-order valence-corrected chi connectivity index (χ0v) is 17.0. The maximum absolute atomic E-state index is 13.9. The van der Waals surface area contributed by atoms with Crippen LogP contribution >= 0.6 is 0 Å². The van der Waals surface area contributed by atoms with Gasteiger partial charge < -0.3 is 9.73 Å². The van der Waals surface area contributed by atoms with Crippen molar-refractivity contribution < 1.29 is 18.5 Å². The van der Waals surface area contributed by atoms with Gasteiger partial charge in [-0.25, -0.2) is 14.1 Å². The Morgan fingerprint density at radius 1 is 1.22 bits per heavy atom. The number of non-ortho nitro benzene ring substituents is 1. The van der Waals surface area contributed by atoms with Gasteiger partial charge in [0.15, 0.2) is 11.7 Å². The zero-order chi connectivity index (χ0) is 22.7. The van der Waals surface area contributed by atoms with Crippen LogP contribution in [0.2, 0.25) is 0 Å². The van der Waals surface area contributed by atoms with E-state index in [1.807, 2.05) is 0 Å². The van der Waals surface area contributed by atoms with E-state index in [4.69, 9.17) is 4.42 Å². The highest BCUT2D eigenvalue weighted by Gasteiger charge is 2.15. The van der Waals surface area contributed by atoms with Gasteiger partial charge in [0.1, 0.15) is 11.6 Å². The van der Waals surface area contributed by atoms with Crippen LogP contribution in [0.15, 0.2) is 65.2 Å². The Hall–Kier alpha value is -4.34. The van der Waals surface area contributed by atoms with Crippen molar-refractivity contribution in [3.05, 3.63) is 88.3 Å². The topological polar surface area (TPSA) is 116 Å². The molecule has 0 saturated carbocycles. The molecule has 4 rings (SSSR count). The first-order valence-corrected chi connectivity index (χ1v) is 9.71. The molecule has 10 heteroatoms. The van der Waals surface area contributed by atoms with Gasteiger partial charge in [0.2, 0.25) is 5.91 Å². The Bertz CT molecular complexity index is 1280. The second kappa shape index (κ2) is 8.80. The second-order valence-corrected chi connectivity index (χ2v) is 7.00. The lowest BCUT2D eigenvalue weighted by atomic mass is 10.2. The van der Waals surface area contributed by atoms with Crippen LogP contribution in [0.1, 0.15) is 18.0 Å². The number of hydrogen-bond acceptors (Lipinski definition) is 6. The van der Waals surface area contributed by atoms with Crippen molar-refractivity contribution >= 4 is 17.4 Å². The number of aromatic nitrogens is 3. The third-order valence-corrected chi connectivity index (χ3v) is 4.66. The molecule has 0 radical (unpaired) electrons. The SMILES string of the molecule is Cc1cc(NC(=O)CCc2ncc(-c3ccccc3F)o2)n(-c2ccc([N+](=O)[O-])cc2)n1. The molecule has 0 saturated heterocycles.